The molecule has 2 heterocycles. The van der Waals surface area contributed by atoms with E-state index in [0.717, 1.165) is 17.0 Å². The van der Waals surface area contributed by atoms with Crippen LogP contribution in [0, 0.1) is 0 Å². The summed E-state index contributed by atoms with van der Waals surface area (Å²) in [6, 6.07) is 9.48. The molecule has 1 aromatic heterocycles. The molecule has 6 nitrogen and oxygen atoms in total. The summed E-state index contributed by atoms with van der Waals surface area (Å²) >= 11 is 0. The summed E-state index contributed by atoms with van der Waals surface area (Å²) in [6.07, 6.45) is 2.20. The number of imidazole rings is 1. The molecular weight excluding hydrogens is 294 g/mol. The standard InChI is InChI=1S/C17H19N3O3/c1-12(21)20-10-14-15(8-16(20)17(22)23-2)19(11-18-14)9-13-6-4-3-5-7-13/h3-7,11,16H,8-10H2,1-2H3/t16-/m0/s1. The van der Waals surface area contributed by atoms with Crippen molar-refractivity contribution >= 4 is 11.9 Å². The third kappa shape index (κ3) is 2.97. The Hall–Kier alpha value is -2.63. The number of hydrogen-bond donors (Lipinski definition) is 0. The Morgan fingerprint density at radius 2 is 2.04 bits per heavy atom. The fraction of sp³-hybridized carbons (Fsp3) is 0.353. The number of methoxy groups -OCH3 is 1. The van der Waals surface area contributed by atoms with Crippen molar-refractivity contribution in [1.82, 2.24) is 14.5 Å². The molecule has 0 aliphatic carbocycles. The van der Waals surface area contributed by atoms with Crippen LogP contribution in [0.3, 0.4) is 0 Å². The largest absolute Gasteiger partial charge is 0.467 e. The molecule has 1 aliphatic rings. The van der Waals surface area contributed by atoms with Gasteiger partial charge in [-0.3, -0.25) is 4.79 Å². The van der Waals surface area contributed by atoms with E-state index in [2.05, 4.69) is 17.1 Å². The Kier molecular flexibility index (Phi) is 4.14. The van der Waals surface area contributed by atoms with E-state index in [1.807, 2.05) is 22.8 Å². The molecular formula is C17H19N3O3. The molecule has 2 aromatic rings. The van der Waals surface area contributed by atoms with E-state index in [1.165, 1.54) is 18.9 Å². The number of fused-ring (bicyclic) bond motifs is 1. The lowest BCUT2D eigenvalue weighted by molar-refractivity contribution is -0.153. The van der Waals surface area contributed by atoms with Gasteiger partial charge in [-0.25, -0.2) is 9.78 Å². The topological polar surface area (TPSA) is 64.4 Å². The lowest BCUT2D eigenvalue weighted by Gasteiger charge is -2.33. The van der Waals surface area contributed by atoms with Gasteiger partial charge in [-0.1, -0.05) is 30.3 Å². The third-order valence-corrected chi connectivity index (χ3v) is 4.19. The van der Waals surface area contributed by atoms with Crippen molar-refractivity contribution < 1.29 is 14.3 Å². The summed E-state index contributed by atoms with van der Waals surface area (Å²) in [7, 11) is 1.34. The highest BCUT2D eigenvalue weighted by Crippen LogP contribution is 2.24. The van der Waals surface area contributed by atoms with Gasteiger partial charge in [-0.2, -0.15) is 0 Å². The van der Waals surface area contributed by atoms with Crippen LogP contribution in [0.5, 0.6) is 0 Å². The van der Waals surface area contributed by atoms with Crippen LogP contribution in [-0.4, -0.2) is 39.5 Å². The smallest absolute Gasteiger partial charge is 0.328 e. The SMILES string of the molecule is COC(=O)[C@@H]1Cc2c(ncn2Cc2ccccc2)CN1C(C)=O. The Morgan fingerprint density at radius 1 is 1.30 bits per heavy atom. The van der Waals surface area contributed by atoms with Crippen molar-refractivity contribution in [3.8, 4) is 0 Å². The summed E-state index contributed by atoms with van der Waals surface area (Å²) in [6.45, 7) is 2.49. The zero-order chi connectivity index (χ0) is 16.4. The molecule has 0 spiro atoms. The van der Waals surface area contributed by atoms with E-state index in [-0.39, 0.29) is 5.91 Å². The maximum absolute atomic E-state index is 12.0. The molecule has 0 N–H and O–H groups in total. The first-order chi connectivity index (χ1) is 11.1. The lowest BCUT2D eigenvalue weighted by atomic mass is 10.0. The minimum absolute atomic E-state index is 0.149. The van der Waals surface area contributed by atoms with Crippen molar-refractivity contribution in [3.63, 3.8) is 0 Å². The van der Waals surface area contributed by atoms with Crippen LogP contribution in [0.25, 0.3) is 0 Å². The second-order valence-electron chi connectivity index (χ2n) is 5.64. The highest BCUT2D eigenvalue weighted by molar-refractivity contribution is 5.84. The Balaban J connectivity index is 1.90. The fourth-order valence-electron chi connectivity index (χ4n) is 2.98. The van der Waals surface area contributed by atoms with Crippen molar-refractivity contribution in [2.24, 2.45) is 0 Å². The molecule has 0 radical (unpaired) electrons. The van der Waals surface area contributed by atoms with Gasteiger partial charge in [0, 0.05) is 25.6 Å². The van der Waals surface area contributed by atoms with Gasteiger partial charge in [0.1, 0.15) is 6.04 Å². The summed E-state index contributed by atoms with van der Waals surface area (Å²) < 4.78 is 6.90. The van der Waals surface area contributed by atoms with E-state index < -0.39 is 12.0 Å². The molecule has 1 amide bonds. The summed E-state index contributed by atoms with van der Waals surface area (Å²) in [4.78, 5) is 29.8. The molecule has 3 rings (SSSR count). The second-order valence-corrected chi connectivity index (χ2v) is 5.64. The van der Waals surface area contributed by atoms with Gasteiger partial charge in [0.05, 0.1) is 25.7 Å². The predicted molar refractivity (Wildman–Crippen MR) is 83.5 cm³/mol. The number of hydrogen-bond acceptors (Lipinski definition) is 4. The highest BCUT2D eigenvalue weighted by atomic mass is 16.5. The molecule has 1 atom stereocenters. The van der Waals surface area contributed by atoms with Gasteiger partial charge < -0.3 is 14.2 Å². The Morgan fingerprint density at radius 3 is 2.70 bits per heavy atom. The number of amides is 1. The van der Waals surface area contributed by atoms with Crippen LogP contribution >= 0.6 is 0 Å². The van der Waals surface area contributed by atoms with E-state index >= 15 is 0 Å². The van der Waals surface area contributed by atoms with E-state index in [0.29, 0.717) is 19.5 Å². The number of aromatic nitrogens is 2. The monoisotopic (exact) mass is 313 g/mol. The maximum atomic E-state index is 12.0. The Labute approximate surface area is 134 Å². The maximum Gasteiger partial charge on any atom is 0.328 e. The van der Waals surface area contributed by atoms with Crippen molar-refractivity contribution in [3.05, 3.63) is 53.6 Å². The minimum Gasteiger partial charge on any atom is -0.467 e. The highest BCUT2D eigenvalue weighted by Gasteiger charge is 2.36. The summed E-state index contributed by atoms with van der Waals surface area (Å²) in [5, 5.41) is 0. The molecule has 0 saturated heterocycles. The normalized spacial score (nSPS) is 16.8. The average molecular weight is 313 g/mol. The molecule has 0 unspecified atom stereocenters. The van der Waals surface area contributed by atoms with Crippen molar-refractivity contribution in [2.75, 3.05) is 7.11 Å². The van der Waals surface area contributed by atoms with Crippen LogP contribution < -0.4 is 0 Å². The molecule has 6 heteroatoms. The number of ether oxygens (including phenoxy) is 1. The molecule has 1 aliphatic heterocycles. The van der Waals surface area contributed by atoms with Crippen LogP contribution in [0.2, 0.25) is 0 Å². The number of esters is 1. The van der Waals surface area contributed by atoms with Crippen molar-refractivity contribution in [2.45, 2.75) is 32.5 Å². The zero-order valence-electron chi connectivity index (χ0n) is 13.2. The first-order valence-electron chi connectivity index (χ1n) is 7.52. The van der Waals surface area contributed by atoms with E-state index in [1.54, 1.807) is 6.33 Å². The molecule has 1 aromatic carbocycles. The zero-order valence-corrected chi connectivity index (χ0v) is 13.2. The number of nitrogens with zero attached hydrogens (tertiary/aromatic N) is 3. The van der Waals surface area contributed by atoms with E-state index in [4.69, 9.17) is 4.74 Å². The van der Waals surface area contributed by atoms with Gasteiger partial charge in [-0.15, -0.1) is 0 Å². The number of benzene rings is 1. The predicted octanol–water partition coefficient (Wildman–Crippen LogP) is 1.38. The van der Waals surface area contributed by atoms with Crippen LogP contribution in [0.1, 0.15) is 23.9 Å². The van der Waals surface area contributed by atoms with Gasteiger partial charge in [-0.05, 0) is 5.56 Å². The van der Waals surface area contributed by atoms with Crippen molar-refractivity contribution in [1.29, 1.82) is 0 Å². The van der Waals surface area contributed by atoms with Crippen LogP contribution in [0.4, 0.5) is 0 Å². The average Bonchev–Trinajstić information content (AvgIpc) is 2.96. The Bertz CT molecular complexity index is 724. The molecule has 120 valence electrons. The van der Waals surface area contributed by atoms with Crippen LogP contribution in [-0.2, 0) is 33.8 Å². The summed E-state index contributed by atoms with van der Waals surface area (Å²) in [5.41, 5.74) is 2.99. The van der Waals surface area contributed by atoms with Gasteiger partial charge in [0.25, 0.3) is 0 Å². The quantitative estimate of drug-likeness (QED) is 0.803. The van der Waals surface area contributed by atoms with Crippen LogP contribution in [0.15, 0.2) is 36.7 Å². The van der Waals surface area contributed by atoms with Gasteiger partial charge in [0.15, 0.2) is 0 Å². The number of carbonyl (C=O) groups is 2. The lowest BCUT2D eigenvalue weighted by Crippen LogP contribution is -2.48. The number of carbonyl (C=O) groups excluding carboxylic acids is 2. The number of rotatable bonds is 3. The van der Waals surface area contributed by atoms with E-state index in [9.17, 15) is 9.59 Å². The molecule has 0 saturated carbocycles. The third-order valence-electron chi connectivity index (χ3n) is 4.19. The summed E-state index contributed by atoms with van der Waals surface area (Å²) in [5.74, 6) is -0.540. The molecule has 0 bridgehead atoms. The molecule has 0 fully saturated rings. The second kappa shape index (κ2) is 6.24. The minimum atomic E-state index is -0.587. The van der Waals surface area contributed by atoms with Gasteiger partial charge in [0.2, 0.25) is 5.91 Å². The fourth-order valence-corrected chi connectivity index (χ4v) is 2.98. The first-order valence-corrected chi connectivity index (χ1v) is 7.52. The van der Waals surface area contributed by atoms with Gasteiger partial charge >= 0.3 is 5.97 Å². The first kappa shape index (κ1) is 15.3. The molecule has 23 heavy (non-hydrogen) atoms.